The number of phenols is 1. The fraction of sp³-hybridized carbons (Fsp3) is 0.423. The summed E-state index contributed by atoms with van der Waals surface area (Å²) < 4.78 is 10.5. The number of ether oxygens (including phenoxy) is 2. The van der Waals surface area contributed by atoms with Crippen LogP contribution in [0, 0.1) is 0 Å². The van der Waals surface area contributed by atoms with Crippen molar-refractivity contribution < 1.29 is 34.5 Å². The number of hydrogen-bond acceptors (Lipinski definition) is 8. The molecule has 1 unspecified atom stereocenters. The minimum Gasteiger partial charge on any atom is -0.507 e. The first kappa shape index (κ1) is 26.0. The van der Waals surface area contributed by atoms with Crippen molar-refractivity contribution in [2.45, 2.75) is 57.4 Å². The number of oxime groups is 1. The van der Waals surface area contributed by atoms with Crippen LogP contribution in [0.25, 0.3) is 0 Å². The van der Waals surface area contributed by atoms with E-state index in [9.17, 15) is 19.9 Å². The molecule has 0 spiro atoms. The first-order chi connectivity index (χ1) is 16.4. The molecule has 9 nitrogen and oxygen atoms in total. The van der Waals surface area contributed by atoms with Gasteiger partial charge in [0, 0.05) is 11.6 Å². The third-order valence-electron chi connectivity index (χ3n) is 6.58. The summed E-state index contributed by atoms with van der Waals surface area (Å²) in [7, 11) is 0. The topological polar surface area (TPSA) is 152 Å². The molecule has 0 aromatic heterocycles. The summed E-state index contributed by atoms with van der Waals surface area (Å²) in [5.41, 5.74) is 8.76. The van der Waals surface area contributed by atoms with Crippen molar-refractivity contribution in [3.63, 3.8) is 0 Å². The maximum Gasteiger partial charge on any atom is 0.341 e. The van der Waals surface area contributed by atoms with E-state index in [0.717, 1.165) is 18.4 Å². The first-order valence-electron chi connectivity index (χ1n) is 11.3. The second kappa shape index (κ2) is 9.95. The number of carbonyl (C=O) groups is 2. The molecule has 2 aromatic carbocycles. The van der Waals surface area contributed by atoms with E-state index in [1.54, 1.807) is 0 Å². The van der Waals surface area contributed by atoms with E-state index in [1.807, 2.05) is 12.1 Å². The number of nitrogens with two attached hydrogens (primary N) is 1. The van der Waals surface area contributed by atoms with Crippen molar-refractivity contribution in [3.8, 4) is 11.5 Å². The molecule has 2 aromatic rings. The molecule has 5 N–H and O–H groups in total. The number of fused-ring (bicyclic) bond motifs is 1. The van der Waals surface area contributed by atoms with Crippen molar-refractivity contribution in [1.29, 1.82) is 0 Å². The van der Waals surface area contributed by atoms with Crippen LogP contribution in [0.2, 0.25) is 0 Å². The zero-order valence-corrected chi connectivity index (χ0v) is 20.4. The van der Waals surface area contributed by atoms with E-state index in [0.29, 0.717) is 5.71 Å². The molecule has 3 rings (SSSR count). The van der Waals surface area contributed by atoms with Gasteiger partial charge in [-0.2, -0.15) is 0 Å². The highest BCUT2D eigenvalue weighted by molar-refractivity contribution is 6.01. The van der Waals surface area contributed by atoms with Crippen LogP contribution in [-0.2, 0) is 20.4 Å². The van der Waals surface area contributed by atoms with Crippen LogP contribution < -0.4 is 10.5 Å². The second-order valence-corrected chi connectivity index (χ2v) is 10.1. The monoisotopic (exact) mass is 484 g/mol. The fourth-order valence-corrected chi connectivity index (χ4v) is 4.18. The SMILES string of the molecule is CC1(C)CCC(C)(C)c2cc(C(COc3ccc(C(=O)OCC(N)C(=O)O)c(O)c3)=NO)ccc21. The predicted octanol–water partition coefficient (Wildman–Crippen LogP) is 3.57. The summed E-state index contributed by atoms with van der Waals surface area (Å²) in [6, 6.07) is 8.64. The van der Waals surface area contributed by atoms with Gasteiger partial charge in [0.25, 0.3) is 0 Å². The van der Waals surface area contributed by atoms with E-state index in [1.165, 1.54) is 29.3 Å². The number of nitrogens with zero attached hydrogens (tertiary/aromatic N) is 1. The number of hydrogen-bond donors (Lipinski definition) is 4. The molecule has 0 heterocycles. The standard InChI is InChI=1S/C26H32N2O7/c1-25(2)9-10-26(3,4)19-11-15(5-8-18(19)25)21(28-33)14-34-16-6-7-17(22(29)12-16)24(32)35-13-20(27)23(30)31/h5-8,11-12,20,29,33H,9-10,13-14,27H2,1-4H3,(H,30,31). The Morgan fingerprint density at radius 2 is 1.71 bits per heavy atom. The average molecular weight is 485 g/mol. The van der Waals surface area contributed by atoms with E-state index in [2.05, 4.69) is 38.9 Å². The first-order valence-corrected chi connectivity index (χ1v) is 11.3. The summed E-state index contributed by atoms with van der Waals surface area (Å²) >= 11 is 0. The number of carboxylic acid groups (broad SMARTS) is 1. The molecule has 9 heteroatoms. The molecule has 35 heavy (non-hydrogen) atoms. The van der Waals surface area contributed by atoms with Gasteiger partial charge in [-0.1, -0.05) is 45.0 Å². The lowest BCUT2D eigenvalue weighted by molar-refractivity contribution is -0.139. The van der Waals surface area contributed by atoms with E-state index < -0.39 is 30.3 Å². The Morgan fingerprint density at radius 3 is 2.31 bits per heavy atom. The molecule has 0 aliphatic heterocycles. The zero-order valence-electron chi connectivity index (χ0n) is 20.4. The summed E-state index contributed by atoms with van der Waals surface area (Å²) in [5.74, 6) is -2.39. The summed E-state index contributed by atoms with van der Waals surface area (Å²) in [5, 5.41) is 32.0. The van der Waals surface area contributed by atoms with Gasteiger partial charge in [-0.25, -0.2) is 4.79 Å². The Bertz CT molecular complexity index is 1150. The van der Waals surface area contributed by atoms with Gasteiger partial charge in [0.15, 0.2) is 0 Å². The van der Waals surface area contributed by atoms with Crippen molar-refractivity contribution in [1.82, 2.24) is 0 Å². The van der Waals surface area contributed by atoms with Gasteiger partial charge in [-0.05, 0) is 53.0 Å². The summed E-state index contributed by atoms with van der Waals surface area (Å²) in [4.78, 5) is 22.8. The quantitative estimate of drug-likeness (QED) is 0.192. The van der Waals surface area contributed by atoms with Crippen molar-refractivity contribution >= 4 is 17.7 Å². The Kier molecular flexibility index (Phi) is 7.40. The molecule has 1 aliphatic carbocycles. The highest BCUT2D eigenvalue weighted by atomic mass is 16.5. The van der Waals surface area contributed by atoms with Gasteiger partial charge < -0.3 is 30.6 Å². The van der Waals surface area contributed by atoms with Gasteiger partial charge in [-0.3, -0.25) is 4.79 Å². The van der Waals surface area contributed by atoms with Gasteiger partial charge in [0.05, 0.1) is 0 Å². The van der Waals surface area contributed by atoms with Crippen LogP contribution in [-0.4, -0.2) is 52.3 Å². The fourth-order valence-electron chi connectivity index (χ4n) is 4.18. The largest absolute Gasteiger partial charge is 0.507 e. The molecule has 0 bridgehead atoms. The third-order valence-corrected chi connectivity index (χ3v) is 6.58. The Balaban J connectivity index is 1.72. The van der Waals surface area contributed by atoms with Crippen LogP contribution in [0.15, 0.2) is 41.6 Å². The number of aromatic hydroxyl groups is 1. The number of rotatable bonds is 8. The minimum absolute atomic E-state index is 0.00704. The normalized spacial score (nSPS) is 17.2. The molecule has 0 amide bonds. The highest BCUT2D eigenvalue weighted by Gasteiger charge is 2.37. The van der Waals surface area contributed by atoms with Crippen LogP contribution in [0.3, 0.4) is 0 Å². The lowest BCUT2D eigenvalue weighted by Crippen LogP contribution is -2.35. The van der Waals surface area contributed by atoms with E-state index >= 15 is 0 Å². The Hall–Kier alpha value is -3.59. The Labute approximate surface area is 204 Å². The number of carbonyl (C=O) groups excluding carboxylic acids is 1. The number of carboxylic acids is 1. The van der Waals surface area contributed by atoms with Gasteiger partial charge in [0.2, 0.25) is 0 Å². The van der Waals surface area contributed by atoms with Crippen LogP contribution >= 0.6 is 0 Å². The molecule has 0 saturated heterocycles. The lowest BCUT2D eigenvalue weighted by atomic mass is 9.63. The Morgan fingerprint density at radius 1 is 1.06 bits per heavy atom. The molecular formula is C26H32N2O7. The van der Waals surface area contributed by atoms with Crippen LogP contribution in [0.5, 0.6) is 11.5 Å². The van der Waals surface area contributed by atoms with Crippen LogP contribution in [0.4, 0.5) is 0 Å². The molecule has 1 aliphatic rings. The van der Waals surface area contributed by atoms with Gasteiger partial charge >= 0.3 is 11.9 Å². The highest BCUT2D eigenvalue weighted by Crippen LogP contribution is 2.46. The zero-order chi connectivity index (χ0) is 26.0. The second-order valence-electron chi connectivity index (χ2n) is 10.1. The third kappa shape index (κ3) is 5.74. The predicted molar refractivity (Wildman–Crippen MR) is 130 cm³/mol. The number of benzene rings is 2. The molecule has 188 valence electrons. The summed E-state index contributed by atoms with van der Waals surface area (Å²) in [6.45, 7) is 8.28. The van der Waals surface area contributed by atoms with Crippen molar-refractivity contribution in [2.75, 3.05) is 13.2 Å². The number of aliphatic carboxylic acids is 1. The average Bonchev–Trinajstić information content (AvgIpc) is 2.80. The number of phenolic OH excluding ortho intramolecular Hbond substituents is 1. The van der Waals surface area contributed by atoms with Crippen molar-refractivity contribution in [3.05, 3.63) is 58.7 Å². The lowest BCUT2D eigenvalue weighted by Gasteiger charge is -2.42. The maximum atomic E-state index is 12.1. The van der Waals surface area contributed by atoms with Crippen LogP contribution in [0.1, 0.15) is 67.6 Å². The molecule has 0 saturated carbocycles. The number of esters is 1. The molecule has 0 fully saturated rings. The van der Waals surface area contributed by atoms with Crippen molar-refractivity contribution in [2.24, 2.45) is 10.9 Å². The summed E-state index contributed by atoms with van der Waals surface area (Å²) in [6.07, 6.45) is 2.14. The molecule has 1 atom stereocenters. The van der Waals surface area contributed by atoms with E-state index in [-0.39, 0.29) is 28.7 Å². The van der Waals surface area contributed by atoms with E-state index in [4.69, 9.17) is 20.3 Å². The van der Waals surface area contributed by atoms with Gasteiger partial charge in [-0.15, -0.1) is 0 Å². The molecule has 0 radical (unpaired) electrons. The van der Waals surface area contributed by atoms with Gasteiger partial charge in [0.1, 0.15) is 42.0 Å². The minimum atomic E-state index is -1.36. The molecular weight excluding hydrogens is 452 g/mol. The maximum absolute atomic E-state index is 12.1. The smallest absolute Gasteiger partial charge is 0.341 e.